The Morgan fingerprint density at radius 3 is 2.31 bits per heavy atom. The van der Waals surface area contributed by atoms with Crippen molar-refractivity contribution >= 4 is 23.6 Å². The maximum absolute atomic E-state index is 14.4. The first kappa shape index (κ1) is 50.9. The fourth-order valence-corrected chi connectivity index (χ4v) is 9.36. The summed E-state index contributed by atoms with van der Waals surface area (Å²) in [5.41, 5.74) is -6.34. The van der Waals surface area contributed by atoms with E-state index in [-0.39, 0.29) is 31.4 Å². The van der Waals surface area contributed by atoms with Crippen molar-refractivity contribution in [2.75, 3.05) is 33.8 Å². The van der Waals surface area contributed by atoms with E-state index in [1.54, 1.807) is 27.9 Å². The number of carbonyl (C=O) groups is 3. The molecule has 0 aliphatic carbocycles. The van der Waals surface area contributed by atoms with Gasteiger partial charge >= 0.3 is 24.1 Å². The summed E-state index contributed by atoms with van der Waals surface area (Å²) in [5.74, 6) is -6.10. The molecule has 62 heavy (non-hydrogen) atoms. The third kappa shape index (κ3) is 11.7. The van der Waals surface area contributed by atoms with Crippen molar-refractivity contribution in [3.05, 3.63) is 51.6 Å². The van der Waals surface area contributed by atoms with Gasteiger partial charge in [-0.2, -0.15) is 13.2 Å². The fourth-order valence-electron chi connectivity index (χ4n) is 9.36. The number of rotatable bonds is 8. The average Bonchev–Trinajstić information content (AvgIpc) is 3.30. The second-order valence-electron chi connectivity index (χ2n) is 18.1. The van der Waals surface area contributed by atoms with E-state index in [0.29, 0.717) is 31.6 Å². The van der Waals surface area contributed by atoms with Crippen LogP contribution in [0.1, 0.15) is 97.5 Å². The highest BCUT2D eigenvalue weighted by atomic mass is 19.4. The number of alkyl halides is 3. The Balaban J connectivity index is 1.94. The lowest BCUT2D eigenvalue weighted by Crippen LogP contribution is -2.60. The minimum Gasteiger partial charge on any atom is -0.459 e. The van der Waals surface area contributed by atoms with Crippen LogP contribution in [0.3, 0.4) is 0 Å². The summed E-state index contributed by atoms with van der Waals surface area (Å²) in [6.07, 6.45) is -12.4. The molecule has 4 rings (SSSR count). The van der Waals surface area contributed by atoms with Gasteiger partial charge in [0.2, 0.25) is 0 Å². The number of ether oxygens (including phenoxy) is 6. The third-order valence-electron chi connectivity index (χ3n) is 12.4. The minimum absolute atomic E-state index is 0.0126. The maximum Gasteiger partial charge on any atom is 0.416 e. The zero-order valence-corrected chi connectivity index (χ0v) is 37.5. The van der Waals surface area contributed by atoms with E-state index < -0.39 is 124 Å². The van der Waals surface area contributed by atoms with E-state index >= 15 is 0 Å². The predicted octanol–water partition coefficient (Wildman–Crippen LogP) is 5.30. The topological polar surface area (TPSA) is 197 Å². The summed E-state index contributed by atoms with van der Waals surface area (Å²) >= 11 is 0. The summed E-state index contributed by atoms with van der Waals surface area (Å²) in [7, 11) is 3.58. The molecule has 1 aromatic carbocycles. The molecule has 3 heterocycles. The minimum atomic E-state index is -4.98. The van der Waals surface area contributed by atoms with E-state index in [2.05, 4.69) is 11.5 Å². The fraction of sp³-hybridized carbons (Fsp3) is 0.744. The van der Waals surface area contributed by atoms with Gasteiger partial charge in [-0.25, -0.2) is 4.79 Å². The van der Waals surface area contributed by atoms with Crippen molar-refractivity contribution < 1.29 is 71.1 Å². The molecule has 16 nitrogen and oxygen atoms in total. The molecule has 2 bridgehead atoms. The van der Waals surface area contributed by atoms with Crippen molar-refractivity contribution in [1.29, 1.82) is 0 Å². The molecule has 19 heteroatoms. The largest absolute Gasteiger partial charge is 0.459 e. The van der Waals surface area contributed by atoms with Crippen LogP contribution in [0.15, 0.2) is 30.4 Å². The number of nitro groups is 1. The van der Waals surface area contributed by atoms with Crippen LogP contribution < -0.4 is 0 Å². The van der Waals surface area contributed by atoms with Crippen LogP contribution in [0.5, 0.6) is 0 Å². The number of hydrogen-bond acceptors (Lipinski definition) is 15. The lowest BCUT2D eigenvalue weighted by atomic mass is 9.77. The molecule has 0 aromatic heterocycles. The van der Waals surface area contributed by atoms with Gasteiger partial charge in [0.15, 0.2) is 12.4 Å². The number of aliphatic hydroxyl groups is 2. The van der Waals surface area contributed by atoms with Gasteiger partial charge in [0, 0.05) is 38.0 Å². The SMILES string of the molecule is C=C1CO[C@H]2[C@@H](C)N(C1)C[C@H](C)C[C@@](C)(O)[C@H](O[C@@H]1O[C@H](C)C[C@H](N(C)C)[C@H]1OC(C)=O)[C@H](C)C(OC(=O)c1ccc(C(F)(F)F)cc1[N+](=O)[O-])[C@@H](C)C(=O)O[C@@H](CC)[C@@]2(C)O. The number of carbonyl (C=O) groups excluding carboxylic acids is 3. The van der Waals surface area contributed by atoms with E-state index in [9.17, 15) is 47.9 Å². The number of esters is 3. The Morgan fingerprint density at radius 1 is 1.10 bits per heavy atom. The molecule has 1 aromatic rings. The molecule has 3 saturated heterocycles. The molecule has 0 radical (unpaired) electrons. The number of cyclic esters (lactones) is 1. The van der Waals surface area contributed by atoms with Crippen LogP contribution in [0.2, 0.25) is 0 Å². The number of fused-ring (bicyclic) bond motifs is 2. The Morgan fingerprint density at radius 2 is 1.74 bits per heavy atom. The van der Waals surface area contributed by atoms with Crippen molar-refractivity contribution in [2.45, 2.75) is 154 Å². The Labute approximate surface area is 361 Å². The van der Waals surface area contributed by atoms with Gasteiger partial charge in [-0.3, -0.25) is 24.6 Å². The van der Waals surface area contributed by atoms with E-state index in [4.69, 9.17) is 28.4 Å². The summed E-state index contributed by atoms with van der Waals surface area (Å²) < 4.78 is 78.0. The van der Waals surface area contributed by atoms with E-state index in [1.165, 1.54) is 34.6 Å². The zero-order chi connectivity index (χ0) is 46.8. The lowest BCUT2D eigenvalue weighted by molar-refractivity contribution is -0.385. The average molecular weight is 888 g/mol. The van der Waals surface area contributed by atoms with Crippen LogP contribution >= 0.6 is 0 Å². The molecular weight excluding hydrogens is 823 g/mol. The molecule has 15 atom stereocenters. The first-order chi connectivity index (χ1) is 28.6. The van der Waals surface area contributed by atoms with Gasteiger partial charge in [0.25, 0.3) is 5.69 Å². The standard InChI is InChI=1S/C43H64F3N3O13/c1-13-33-42(10,54)37-27(7)48(20-23(3)21-57-37)19-22(2)18-41(9,53)36(62-40-35(59-28(8)50)32(47(11)12)16-24(4)58-40)25(5)34(26(6)38(51)60-33)61-39(52)30-15-14-29(43(44,45)46)17-31(30)49(55)56/h14-15,17,22,24-27,32-37,40,53-54H,3,13,16,18-21H2,1-2,4-12H3/t22-,24-,25-,26-,27-,32+,33+,34?,35-,36-,37+,40+,41-,42-/m1/s1. The highest BCUT2D eigenvalue weighted by molar-refractivity contribution is 5.94. The highest BCUT2D eigenvalue weighted by Crippen LogP contribution is 2.40. The third-order valence-corrected chi connectivity index (χ3v) is 12.4. The normalized spacial score (nSPS) is 37.9. The van der Waals surface area contributed by atoms with Gasteiger partial charge < -0.3 is 43.5 Å². The summed E-state index contributed by atoms with van der Waals surface area (Å²) in [4.78, 5) is 55.9. The number of nitrogens with zero attached hydrogens (tertiary/aromatic N) is 3. The van der Waals surface area contributed by atoms with Gasteiger partial charge in [-0.15, -0.1) is 0 Å². The van der Waals surface area contributed by atoms with Crippen molar-refractivity contribution in [1.82, 2.24) is 9.80 Å². The zero-order valence-electron chi connectivity index (χ0n) is 37.5. The first-order valence-corrected chi connectivity index (χ1v) is 21.0. The molecule has 3 aliphatic heterocycles. The van der Waals surface area contributed by atoms with E-state index in [0.717, 1.165) is 5.57 Å². The number of nitro benzene ring substituents is 1. The summed E-state index contributed by atoms with van der Waals surface area (Å²) in [5, 5.41) is 37.0. The molecule has 0 amide bonds. The number of likely N-dealkylation sites (N-methyl/N-ethyl adjacent to an activating group) is 1. The van der Waals surface area contributed by atoms with Crippen LogP contribution in [-0.4, -0.2) is 143 Å². The van der Waals surface area contributed by atoms with Crippen molar-refractivity contribution in [3.63, 3.8) is 0 Å². The van der Waals surface area contributed by atoms with E-state index in [1.807, 2.05) is 18.7 Å². The smallest absolute Gasteiger partial charge is 0.416 e. The Hall–Kier alpha value is -3.72. The summed E-state index contributed by atoms with van der Waals surface area (Å²) in [6.45, 7) is 19.4. The first-order valence-electron chi connectivity index (χ1n) is 21.0. The van der Waals surface area contributed by atoms with Crippen LogP contribution in [0.25, 0.3) is 0 Å². The van der Waals surface area contributed by atoms with Gasteiger partial charge in [-0.1, -0.05) is 27.4 Å². The highest BCUT2D eigenvalue weighted by Gasteiger charge is 2.53. The molecule has 2 N–H and O–H groups in total. The molecule has 350 valence electrons. The number of halogens is 3. The lowest BCUT2D eigenvalue weighted by Gasteiger charge is -2.47. The molecule has 3 aliphatic rings. The molecule has 0 saturated carbocycles. The monoisotopic (exact) mass is 887 g/mol. The second kappa shape index (κ2) is 20.0. The van der Waals surface area contributed by atoms with Crippen LogP contribution in [0, 0.1) is 27.9 Å². The Kier molecular flexibility index (Phi) is 16.4. The van der Waals surface area contributed by atoms with Gasteiger partial charge in [-0.05, 0) is 91.6 Å². The van der Waals surface area contributed by atoms with Gasteiger partial charge in [0.1, 0.15) is 29.5 Å². The molecular formula is C43H64F3N3O13. The molecule has 0 spiro atoms. The maximum atomic E-state index is 14.4. The Bertz CT molecular complexity index is 1790. The predicted molar refractivity (Wildman–Crippen MR) is 218 cm³/mol. The second-order valence-corrected chi connectivity index (χ2v) is 18.1. The van der Waals surface area contributed by atoms with Crippen molar-refractivity contribution in [3.8, 4) is 0 Å². The molecule has 3 fully saturated rings. The van der Waals surface area contributed by atoms with Crippen LogP contribution in [0.4, 0.5) is 18.9 Å². The number of benzene rings is 1. The van der Waals surface area contributed by atoms with Gasteiger partial charge in [0.05, 0.1) is 46.9 Å². The quantitative estimate of drug-likeness (QED) is 0.112. The summed E-state index contributed by atoms with van der Waals surface area (Å²) in [6, 6.07) is 0.440. The number of hydrogen-bond donors (Lipinski definition) is 2. The van der Waals surface area contributed by atoms with Crippen LogP contribution in [-0.2, 0) is 44.2 Å². The van der Waals surface area contributed by atoms with Crippen molar-refractivity contribution in [2.24, 2.45) is 17.8 Å². The molecule has 2 unspecified atom stereocenters.